The number of hydrogen-bond acceptors (Lipinski definition) is 4. The normalized spacial score (nSPS) is 13.9. The minimum atomic E-state index is -0.231. The number of aromatic nitrogens is 3. The minimum Gasteiger partial charge on any atom is -0.352 e. The van der Waals surface area contributed by atoms with Gasteiger partial charge in [-0.2, -0.15) is 5.10 Å². The lowest BCUT2D eigenvalue weighted by Gasteiger charge is -2.11. The average Bonchev–Trinajstić information content (AvgIpc) is 3.45. The van der Waals surface area contributed by atoms with Crippen LogP contribution in [0.3, 0.4) is 0 Å². The Hall–Kier alpha value is -3.48. The van der Waals surface area contributed by atoms with Crippen LogP contribution in [-0.2, 0) is 11.3 Å². The maximum atomic E-state index is 12.6. The molecule has 0 atom stereocenters. The lowest BCUT2D eigenvalue weighted by atomic mass is 10.1. The first-order valence-electron chi connectivity index (χ1n) is 9.83. The Morgan fingerprint density at radius 2 is 1.86 bits per heavy atom. The number of H-pyrrole nitrogens is 1. The number of aromatic amines is 1. The zero-order valence-electron chi connectivity index (χ0n) is 16.0. The summed E-state index contributed by atoms with van der Waals surface area (Å²) in [4.78, 5) is 29.0. The largest absolute Gasteiger partial charge is 0.352 e. The second kappa shape index (κ2) is 8.68. The Kier molecular flexibility index (Phi) is 5.65. The highest BCUT2D eigenvalue weighted by atomic mass is 16.2. The van der Waals surface area contributed by atoms with E-state index in [2.05, 4.69) is 25.8 Å². The number of pyridine rings is 1. The summed E-state index contributed by atoms with van der Waals surface area (Å²) in [5.41, 5.74) is 3.43. The van der Waals surface area contributed by atoms with Gasteiger partial charge in [-0.15, -0.1) is 0 Å². The van der Waals surface area contributed by atoms with Gasteiger partial charge in [0.05, 0.1) is 17.6 Å². The summed E-state index contributed by atoms with van der Waals surface area (Å²) in [5.74, 6) is 0.0553. The van der Waals surface area contributed by atoms with Crippen molar-refractivity contribution in [3.63, 3.8) is 0 Å². The third-order valence-electron chi connectivity index (χ3n) is 5.22. The molecule has 1 aliphatic carbocycles. The van der Waals surface area contributed by atoms with Crippen LogP contribution in [0.1, 0.15) is 41.6 Å². The summed E-state index contributed by atoms with van der Waals surface area (Å²) in [6, 6.07) is 12.8. The van der Waals surface area contributed by atoms with Crippen LogP contribution < -0.4 is 10.6 Å². The number of nitrogens with one attached hydrogen (secondary N) is 3. The first kappa shape index (κ1) is 18.9. The van der Waals surface area contributed by atoms with Gasteiger partial charge in [0.15, 0.2) is 0 Å². The van der Waals surface area contributed by atoms with Crippen LogP contribution in [0.25, 0.3) is 11.4 Å². The molecule has 3 aromatic rings. The molecule has 0 radical (unpaired) electrons. The molecule has 148 valence electrons. The van der Waals surface area contributed by atoms with Gasteiger partial charge in [-0.25, -0.2) is 0 Å². The molecule has 7 nitrogen and oxygen atoms in total. The first-order valence-corrected chi connectivity index (χ1v) is 9.83. The van der Waals surface area contributed by atoms with Gasteiger partial charge in [0.1, 0.15) is 5.69 Å². The van der Waals surface area contributed by atoms with Crippen LogP contribution in [0.5, 0.6) is 0 Å². The minimum absolute atomic E-state index is 0.131. The SMILES string of the molecule is O=C(Nc1cn[nH]c1-c1ccccn1)c1ccc(CNC(=O)C2CCCC2)cc1. The second-order valence-corrected chi connectivity index (χ2v) is 7.22. The van der Waals surface area contributed by atoms with E-state index in [1.165, 1.54) is 0 Å². The molecule has 0 saturated heterocycles. The Labute approximate surface area is 168 Å². The third kappa shape index (κ3) is 4.51. The molecule has 0 aliphatic heterocycles. The van der Waals surface area contributed by atoms with E-state index in [1.54, 1.807) is 24.5 Å². The smallest absolute Gasteiger partial charge is 0.255 e. The molecular formula is C22H23N5O2. The van der Waals surface area contributed by atoms with E-state index in [0.717, 1.165) is 31.2 Å². The van der Waals surface area contributed by atoms with E-state index >= 15 is 0 Å². The van der Waals surface area contributed by atoms with Gasteiger partial charge >= 0.3 is 0 Å². The van der Waals surface area contributed by atoms with E-state index in [-0.39, 0.29) is 17.7 Å². The fourth-order valence-electron chi connectivity index (χ4n) is 3.58. The van der Waals surface area contributed by atoms with Crippen molar-refractivity contribution in [2.75, 3.05) is 5.32 Å². The number of amides is 2. The van der Waals surface area contributed by atoms with Gasteiger partial charge in [-0.1, -0.05) is 31.0 Å². The van der Waals surface area contributed by atoms with Crippen LogP contribution in [-0.4, -0.2) is 27.0 Å². The van der Waals surface area contributed by atoms with E-state index in [9.17, 15) is 9.59 Å². The van der Waals surface area contributed by atoms with Crippen molar-refractivity contribution in [1.82, 2.24) is 20.5 Å². The topological polar surface area (TPSA) is 99.8 Å². The van der Waals surface area contributed by atoms with Crippen molar-refractivity contribution < 1.29 is 9.59 Å². The van der Waals surface area contributed by atoms with E-state index in [1.807, 2.05) is 30.3 Å². The summed E-state index contributed by atoms with van der Waals surface area (Å²) >= 11 is 0. The summed E-state index contributed by atoms with van der Waals surface area (Å²) in [6.07, 6.45) is 7.50. The molecule has 0 bridgehead atoms. The zero-order chi connectivity index (χ0) is 20.1. The molecule has 2 aromatic heterocycles. The van der Waals surface area contributed by atoms with Crippen molar-refractivity contribution in [3.8, 4) is 11.4 Å². The summed E-state index contributed by atoms with van der Waals surface area (Å²) in [7, 11) is 0. The molecule has 0 spiro atoms. The van der Waals surface area contributed by atoms with E-state index in [0.29, 0.717) is 29.2 Å². The van der Waals surface area contributed by atoms with Crippen LogP contribution in [0.15, 0.2) is 54.9 Å². The molecule has 1 aromatic carbocycles. The molecule has 2 amide bonds. The number of benzene rings is 1. The summed E-state index contributed by atoms with van der Waals surface area (Å²) in [6.45, 7) is 0.475. The van der Waals surface area contributed by atoms with Crippen molar-refractivity contribution in [2.24, 2.45) is 5.92 Å². The molecule has 0 unspecified atom stereocenters. The van der Waals surface area contributed by atoms with Gasteiger partial charge in [0.25, 0.3) is 5.91 Å². The van der Waals surface area contributed by atoms with Gasteiger partial charge < -0.3 is 10.6 Å². The summed E-state index contributed by atoms with van der Waals surface area (Å²) in [5, 5.41) is 12.7. The highest BCUT2D eigenvalue weighted by Crippen LogP contribution is 2.25. The van der Waals surface area contributed by atoms with Crippen LogP contribution in [0.4, 0.5) is 5.69 Å². The van der Waals surface area contributed by atoms with Crippen molar-refractivity contribution in [1.29, 1.82) is 0 Å². The number of anilines is 1. The summed E-state index contributed by atoms with van der Waals surface area (Å²) < 4.78 is 0. The molecule has 1 aliphatic rings. The standard InChI is InChI=1S/C22H23N5O2/c28-21(16-5-1-2-6-16)24-13-15-8-10-17(11-9-15)22(29)26-19-14-25-27-20(19)18-7-3-4-12-23-18/h3-4,7-12,14,16H,1-2,5-6,13H2,(H,24,28)(H,25,27)(H,26,29). The molecular weight excluding hydrogens is 366 g/mol. The van der Waals surface area contributed by atoms with Crippen LogP contribution >= 0.6 is 0 Å². The van der Waals surface area contributed by atoms with Gasteiger partial charge in [0.2, 0.25) is 5.91 Å². The Bertz CT molecular complexity index is 976. The number of rotatable bonds is 6. The molecule has 7 heteroatoms. The van der Waals surface area contributed by atoms with Crippen LogP contribution in [0, 0.1) is 5.92 Å². The number of hydrogen-bond donors (Lipinski definition) is 3. The third-order valence-corrected chi connectivity index (χ3v) is 5.22. The number of nitrogens with zero attached hydrogens (tertiary/aromatic N) is 2. The van der Waals surface area contributed by atoms with Gasteiger partial charge in [-0.3, -0.25) is 19.7 Å². The maximum Gasteiger partial charge on any atom is 0.255 e. The fraction of sp³-hybridized carbons (Fsp3) is 0.273. The maximum absolute atomic E-state index is 12.6. The highest BCUT2D eigenvalue weighted by molar-refractivity contribution is 6.05. The van der Waals surface area contributed by atoms with E-state index < -0.39 is 0 Å². The second-order valence-electron chi connectivity index (χ2n) is 7.22. The highest BCUT2D eigenvalue weighted by Gasteiger charge is 2.22. The quantitative estimate of drug-likeness (QED) is 0.600. The van der Waals surface area contributed by atoms with Gasteiger partial charge in [-0.05, 0) is 42.7 Å². The molecule has 2 heterocycles. The van der Waals surface area contributed by atoms with Crippen molar-refractivity contribution in [2.45, 2.75) is 32.2 Å². The lowest BCUT2D eigenvalue weighted by Crippen LogP contribution is -2.28. The molecule has 3 N–H and O–H groups in total. The zero-order valence-corrected chi connectivity index (χ0v) is 16.0. The Morgan fingerprint density at radius 1 is 1.07 bits per heavy atom. The Morgan fingerprint density at radius 3 is 2.59 bits per heavy atom. The van der Waals surface area contributed by atoms with E-state index in [4.69, 9.17) is 0 Å². The van der Waals surface area contributed by atoms with Crippen molar-refractivity contribution in [3.05, 3.63) is 66.0 Å². The number of carbonyl (C=O) groups excluding carboxylic acids is 2. The fourth-order valence-corrected chi connectivity index (χ4v) is 3.58. The predicted molar refractivity (Wildman–Crippen MR) is 110 cm³/mol. The van der Waals surface area contributed by atoms with Gasteiger partial charge in [0, 0.05) is 24.2 Å². The monoisotopic (exact) mass is 389 g/mol. The molecule has 29 heavy (non-hydrogen) atoms. The molecule has 1 saturated carbocycles. The first-order chi connectivity index (χ1) is 14.2. The predicted octanol–water partition coefficient (Wildman–Crippen LogP) is 3.53. The van der Waals surface area contributed by atoms with Crippen LogP contribution in [0.2, 0.25) is 0 Å². The number of carbonyl (C=O) groups is 2. The van der Waals surface area contributed by atoms with Crippen molar-refractivity contribution >= 4 is 17.5 Å². The lowest BCUT2D eigenvalue weighted by molar-refractivity contribution is -0.124. The molecule has 4 rings (SSSR count). The molecule has 1 fully saturated rings. The average molecular weight is 389 g/mol. The Balaban J connectivity index is 1.36.